The van der Waals surface area contributed by atoms with Crippen LogP contribution in [0.4, 0.5) is 17.5 Å². The van der Waals surface area contributed by atoms with Crippen LogP contribution in [0.25, 0.3) is 68.7 Å². The van der Waals surface area contributed by atoms with Crippen LogP contribution in [0.3, 0.4) is 0 Å². The van der Waals surface area contributed by atoms with E-state index >= 15 is 0 Å². The van der Waals surface area contributed by atoms with Crippen LogP contribution in [0.2, 0.25) is 0 Å². The Labute approximate surface area is 721 Å². The van der Waals surface area contributed by atoms with Crippen molar-refractivity contribution in [1.82, 2.24) is 64.8 Å². The van der Waals surface area contributed by atoms with Gasteiger partial charge in [-0.3, -0.25) is 9.78 Å². The van der Waals surface area contributed by atoms with Crippen LogP contribution in [-0.4, -0.2) is 167 Å². The van der Waals surface area contributed by atoms with E-state index in [1.807, 2.05) is 73.7 Å². The molecule has 10 heterocycles. The molecule has 0 atom stereocenters. The summed E-state index contributed by atoms with van der Waals surface area (Å²) in [6.45, 7) is 23.7. The highest BCUT2D eigenvalue weighted by Crippen LogP contribution is 2.46. The third-order valence-electron chi connectivity index (χ3n) is 25.3. The number of anilines is 3. The summed E-state index contributed by atoms with van der Waals surface area (Å²) >= 11 is 0. The van der Waals surface area contributed by atoms with Gasteiger partial charge in [0.1, 0.15) is 88.4 Å². The smallest absolute Gasteiger partial charge is 0.341 e. The molecule has 0 bridgehead atoms. The van der Waals surface area contributed by atoms with Gasteiger partial charge in [-0.25, -0.2) is 54.4 Å². The van der Waals surface area contributed by atoms with Crippen molar-refractivity contribution in [2.24, 2.45) is 0 Å². The molecule has 26 heteroatoms. The number of ketones is 1. The maximum absolute atomic E-state index is 12.0. The number of imidazole rings is 3. The first-order valence-corrected chi connectivity index (χ1v) is 42.3. The second-order valence-corrected chi connectivity index (χ2v) is 33.8. The van der Waals surface area contributed by atoms with Crippen LogP contribution in [0.5, 0.6) is 28.7 Å². The number of nitrogens with one attached hydrogen (secondary N) is 3. The number of aryl methyl sites for hydroxylation is 5. The number of benzene rings is 5. The molecule has 124 heavy (non-hydrogen) atoms. The number of H-pyrrole nitrogens is 3. The molecule has 3 saturated heterocycles. The molecule has 0 amide bonds. The quantitative estimate of drug-likeness (QED) is 0.0371. The molecule has 5 N–H and O–H groups in total. The minimum Gasteiger partial charge on any atom is -0.497 e. The Morgan fingerprint density at radius 2 is 0.766 bits per heavy atom. The van der Waals surface area contributed by atoms with Gasteiger partial charge in [0.15, 0.2) is 19.0 Å². The zero-order valence-electron chi connectivity index (χ0n) is 72.3. The number of ether oxygens (including phenoxy) is 5. The summed E-state index contributed by atoms with van der Waals surface area (Å²) in [6.07, 6.45) is 21.7. The Bertz CT molecular complexity index is 6100. The molecule has 0 unspecified atom stereocenters. The number of carbonyl (C=O) groups is 3. The number of aromatic amines is 3. The highest BCUT2D eigenvalue weighted by molar-refractivity contribution is 5.96. The summed E-state index contributed by atoms with van der Waals surface area (Å²) < 4.78 is 26.8. The highest BCUT2D eigenvalue weighted by atomic mass is 16.5. The number of methoxy groups -OCH3 is 3. The van der Waals surface area contributed by atoms with Gasteiger partial charge in [-0.2, -0.15) is 0 Å². The monoisotopic (exact) mass is 1660 g/mol. The number of Topliss-reactive ketones (excluding diaryl/α,β-unsaturated/α-hetero) is 1. The lowest BCUT2D eigenvalue weighted by molar-refractivity contribution is -0.140. The van der Waals surface area contributed by atoms with Crippen LogP contribution in [0.15, 0.2) is 147 Å². The van der Waals surface area contributed by atoms with Crippen LogP contribution in [-0.2, 0) is 45.1 Å². The number of aromatic nitrogens is 13. The predicted molar refractivity (Wildman–Crippen MR) is 481 cm³/mol. The van der Waals surface area contributed by atoms with E-state index in [1.165, 1.54) is 0 Å². The Morgan fingerprint density at radius 1 is 0.411 bits per heavy atom. The number of carboxylic acid groups (broad SMARTS) is 2. The summed E-state index contributed by atoms with van der Waals surface area (Å²) in [6, 6.07) is 39.3. The first kappa shape index (κ1) is 84.0. The average molecular weight is 1670 g/mol. The van der Waals surface area contributed by atoms with Crippen LogP contribution < -0.4 is 38.4 Å². The summed E-state index contributed by atoms with van der Waals surface area (Å²) in [5.74, 6) is 7.77. The van der Waals surface area contributed by atoms with Gasteiger partial charge in [0.25, 0.3) is 0 Å². The first-order chi connectivity index (χ1) is 59.9. The Kier molecular flexibility index (Phi) is 24.0. The van der Waals surface area contributed by atoms with E-state index in [0.29, 0.717) is 23.6 Å². The third kappa shape index (κ3) is 17.6. The van der Waals surface area contributed by atoms with Gasteiger partial charge in [-0.15, -0.1) is 0 Å². The molecule has 6 aliphatic rings. The third-order valence-corrected chi connectivity index (χ3v) is 25.3. The van der Waals surface area contributed by atoms with E-state index in [2.05, 4.69) is 154 Å². The van der Waals surface area contributed by atoms with Gasteiger partial charge in [-0.05, 0) is 215 Å². The topological polar surface area (TPSA) is 324 Å². The summed E-state index contributed by atoms with van der Waals surface area (Å²) in [5, 5.41) is 17.7. The van der Waals surface area contributed by atoms with Crippen molar-refractivity contribution in [3.05, 3.63) is 248 Å². The fourth-order valence-corrected chi connectivity index (χ4v) is 17.7. The molecule has 0 radical (unpaired) electrons. The molecule has 3 fully saturated rings. The molecule has 18 rings (SSSR count). The van der Waals surface area contributed by atoms with Crippen molar-refractivity contribution >= 4 is 70.1 Å². The van der Waals surface area contributed by atoms with E-state index in [9.17, 15) is 14.4 Å². The molecule has 3 aliphatic carbocycles. The second kappa shape index (κ2) is 35.4. The second-order valence-electron chi connectivity index (χ2n) is 33.8. The maximum atomic E-state index is 12.0. The van der Waals surface area contributed by atoms with Gasteiger partial charge < -0.3 is 63.5 Å². The number of aliphatic carboxylic acids is 2. The van der Waals surface area contributed by atoms with Crippen molar-refractivity contribution in [1.29, 1.82) is 0 Å². The number of carboxylic acids is 2. The number of pyridine rings is 1. The maximum Gasteiger partial charge on any atom is 0.341 e. The number of carbonyl (C=O) groups excluding carboxylic acids is 1. The minimum absolute atomic E-state index is 0.0540. The number of piperidine rings is 3. The molecule has 26 nitrogen and oxygen atoms in total. The lowest BCUT2D eigenvalue weighted by Crippen LogP contribution is -2.42. The van der Waals surface area contributed by atoms with Gasteiger partial charge in [-0.1, -0.05) is 70.2 Å². The van der Waals surface area contributed by atoms with E-state index in [1.54, 1.807) is 70.8 Å². The summed E-state index contributed by atoms with van der Waals surface area (Å²) in [7, 11) is 5.07. The largest absolute Gasteiger partial charge is 0.497 e. The van der Waals surface area contributed by atoms with E-state index in [-0.39, 0.29) is 35.2 Å². The lowest BCUT2D eigenvalue weighted by atomic mass is 9.79. The van der Waals surface area contributed by atoms with Crippen molar-refractivity contribution in [2.75, 3.05) is 88.5 Å². The number of nitrogens with zero attached hydrogens (tertiary/aromatic N) is 13. The molecule has 3 aliphatic heterocycles. The molecule has 0 saturated carbocycles. The Balaban J connectivity index is 0.000000137. The fourth-order valence-electron chi connectivity index (χ4n) is 17.7. The molecule has 0 spiro atoms. The molecule has 12 aromatic rings. The van der Waals surface area contributed by atoms with Crippen LogP contribution in [0, 0.1) is 34.6 Å². The fraction of sp³-hybridized carbons (Fsp3) is 0.337. The van der Waals surface area contributed by atoms with Gasteiger partial charge in [0, 0.05) is 138 Å². The summed E-state index contributed by atoms with van der Waals surface area (Å²) in [5.41, 5.74) is 24.9. The molecule has 5 aromatic carbocycles. The van der Waals surface area contributed by atoms with Crippen LogP contribution >= 0.6 is 0 Å². The van der Waals surface area contributed by atoms with Crippen molar-refractivity contribution < 1.29 is 48.3 Å². The Morgan fingerprint density at radius 3 is 1.10 bits per heavy atom. The van der Waals surface area contributed by atoms with Crippen LogP contribution in [0.1, 0.15) is 179 Å². The molecule has 7 aromatic heterocycles. The van der Waals surface area contributed by atoms with Gasteiger partial charge >= 0.3 is 11.9 Å². The number of hydrogen-bond donors (Lipinski definition) is 5. The summed E-state index contributed by atoms with van der Waals surface area (Å²) in [4.78, 5) is 99.1. The predicted octanol–water partition coefficient (Wildman–Crippen LogP) is 17.0. The number of hydrogen-bond acceptors (Lipinski definition) is 21. The Hall–Kier alpha value is -13.7. The van der Waals surface area contributed by atoms with E-state index in [4.69, 9.17) is 63.8 Å². The lowest BCUT2D eigenvalue weighted by Gasteiger charge is -2.39. The zero-order chi connectivity index (χ0) is 86.7. The van der Waals surface area contributed by atoms with Crippen molar-refractivity contribution in [3.8, 4) is 62.5 Å². The highest BCUT2D eigenvalue weighted by Gasteiger charge is 2.41. The number of rotatable bonds is 23. The normalized spacial score (nSPS) is 15.8. The van der Waals surface area contributed by atoms with Crippen molar-refractivity contribution in [3.63, 3.8) is 0 Å². The zero-order valence-corrected chi connectivity index (χ0v) is 72.3. The minimum atomic E-state index is -0.996. The van der Waals surface area contributed by atoms with Gasteiger partial charge in [0.05, 0.1) is 55.5 Å². The molecular weight excluding hydrogens is 1560 g/mol. The van der Waals surface area contributed by atoms with E-state index < -0.39 is 11.9 Å². The number of fused-ring (bicyclic) bond motifs is 3. The van der Waals surface area contributed by atoms with Gasteiger partial charge in [0.2, 0.25) is 0 Å². The number of allylic oxidation sites excluding steroid dienone is 3. The molecule has 636 valence electrons. The first-order valence-electron chi connectivity index (χ1n) is 42.3. The van der Waals surface area contributed by atoms with E-state index in [0.717, 1.165) is 278 Å². The standard InChI is InChI=1S/C33H36N6O2.C33H35N5O4.C32H33N5O4/c1-6-28(40)26-9-7-23(18-34-26)24-16-25-27(17-24)35-19-36-31(25)39-13-11-33(4,12-14-39)32-37-21(3)30(38-32)22-8-10-29(41-5)20(2)15-22;1-20-15-23(7-10-28(20)41-4)30-21(2)36-32(37-30)33(3)11-13-38(14-12-33)31-26-16-24(17-27(26)34-19-35-31)22-5-8-25(9-6-22)42-18-29(39)40;1-20-29(22-5-4-6-25(15-22)40-3)36-31(35-20)32(2)11-13-37(14-12-32)30-26-16-23(17-27(26)33-19-34-30)21-7-9-24(10-8-21)41-18-28(38)39/h7-10,15-16,18-19H,6,11-14,17H2,1-5H3,(H,37,38);5-10,15-16,19H,11-14,17-18H2,1-4H3,(H,36,37)(H,39,40);4-10,15-16,19H,11-14,17-18H2,1-3H3,(H,35,36)(H,38,39). The van der Waals surface area contributed by atoms with Crippen molar-refractivity contribution in [2.45, 2.75) is 143 Å². The molecular formula is C98H104N16O10. The average Bonchev–Trinajstić information content (AvgIpc) is 1.59. The SMILES string of the molecule is CCC(=O)c1ccc(C2=Cc3c(ncnc3N3CCC(C)(c4nc(-c5ccc(OC)c(C)c5)c(C)[nH]4)CC3)C2)cn1.COc1ccc(-c2nc(C3(C)CCN(c4ncnc5c4C=C(c4ccc(OCC(=O)O)cc4)C5)CC3)[nH]c2C)cc1C.COc1cccc(-c2nc(C3(C)CCN(c4ncnc5c4C=C(c4ccc(OCC(=O)O)cc4)C5)CC3)[nH]c2C)c1.